The number of carbonyl (C=O) groups is 2. The van der Waals surface area contributed by atoms with Crippen LogP contribution in [0.25, 0.3) is 21.9 Å². The van der Waals surface area contributed by atoms with Gasteiger partial charge in [0, 0.05) is 18.0 Å². The smallest absolute Gasteiger partial charge is 0.356 e. The molecule has 160 valence electrons. The van der Waals surface area contributed by atoms with E-state index in [0.29, 0.717) is 27.6 Å². The van der Waals surface area contributed by atoms with Gasteiger partial charge in [0.2, 0.25) is 5.78 Å². The number of Topliss-reactive ketones (excluding diaryl/α,β-unsaturated/α-hetero) is 1. The van der Waals surface area contributed by atoms with Gasteiger partial charge in [-0.2, -0.15) is 0 Å². The fraction of sp³-hybridized carbons (Fsp3) is 0.115. The number of hydrogen-bond donors (Lipinski definition) is 0. The zero-order chi connectivity index (χ0) is 22.7. The van der Waals surface area contributed by atoms with Gasteiger partial charge in [0.25, 0.3) is 5.56 Å². The highest BCUT2D eigenvalue weighted by molar-refractivity contribution is 6.07. The van der Waals surface area contributed by atoms with Crippen LogP contribution in [-0.2, 0) is 11.8 Å². The van der Waals surface area contributed by atoms with Gasteiger partial charge in [-0.1, -0.05) is 60.7 Å². The van der Waals surface area contributed by atoms with Gasteiger partial charge >= 0.3 is 5.97 Å². The van der Waals surface area contributed by atoms with E-state index in [0.717, 1.165) is 5.56 Å². The Hall–Kier alpha value is -4.19. The van der Waals surface area contributed by atoms with Crippen molar-refractivity contribution in [1.29, 1.82) is 0 Å². The Bertz CT molecular complexity index is 1370. The van der Waals surface area contributed by atoms with E-state index in [9.17, 15) is 14.4 Å². The van der Waals surface area contributed by atoms with Gasteiger partial charge in [0.1, 0.15) is 11.4 Å². The van der Waals surface area contributed by atoms with Crippen molar-refractivity contribution < 1.29 is 19.1 Å². The monoisotopic (exact) mass is 427 g/mol. The van der Waals surface area contributed by atoms with Crippen molar-refractivity contribution in [2.24, 2.45) is 7.05 Å². The molecular formula is C26H21NO5. The molecular weight excluding hydrogens is 406 g/mol. The van der Waals surface area contributed by atoms with Crippen LogP contribution < -0.4 is 10.3 Å². The number of nitrogens with zero attached hydrogens (tertiary/aromatic N) is 1. The number of rotatable bonds is 6. The van der Waals surface area contributed by atoms with Crippen molar-refractivity contribution in [2.75, 3.05) is 13.7 Å². The lowest BCUT2D eigenvalue weighted by Gasteiger charge is -2.16. The third-order valence-corrected chi connectivity index (χ3v) is 5.30. The Labute approximate surface area is 184 Å². The summed E-state index contributed by atoms with van der Waals surface area (Å²) in [7, 11) is 3.00. The number of para-hydroxylation sites is 1. The maximum atomic E-state index is 13.2. The van der Waals surface area contributed by atoms with Gasteiger partial charge < -0.3 is 14.0 Å². The number of methoxy groups -OCH3 is 1. The first-order chi connectivity index (χ1) is 15.5. The Morgan fingerprint density at radius 1 is 0.844 bits per heavy atom. The third-order valence-electron chi connectivity index (χ3n) is 5.30. The molecule has 4 aromatic rings. The molecule has 0 aliphatic rings. The highest BCUT2D eigenvalue weighted by Crippen LogP contribution is 2.31. The molecule has 0 radical (unpaired) electrons. The van der Waals surface area contributed by atoms with Gasteiger partial charge in [-0.05, 0) is 29.1 Å². The fourth-order valence-electron chi connectivity index (χ4n) is 3.75. The Balaban J connectivity index is 1.77. The van der Waals surface area contributed by atoms with E-state index in [2.05, 4.69) is 0 Å². The van der Waals surface area contributed by atoms with Gasteiger partial charge in [-0.15, -0.1) is 0 Å². The molecule has 0 atom stereocenters. The lowest BCUT2D eigenvalue weighted by molar-refractivity contribution is 0.0464. The molecule has 6 heteroatoms. The molecule has 0 aliphatic heterocycles. The van der Waals surface area contributed by atoms with E-state index < -0.39 is 18.4 Å². The minimum Gasteiger partial charge on any atom is -0.496 e. The second-order valence-electron chi connectivity index (χ2n) is 7.20. The van der Waals surface area contributed by atoms with Crippen LogP contribution in [0.3, 0.4) is 0 Å². The van der Waals surface area contributed by atoms with E-state index in [4.69, 9.17) is 9.47 Å². The van der Waals surface area contributed by atoms with Crippen molar-refractivity contribution in [3.63, 3.8) is 0 Å². The Kier molecular flexibility index (Phi) is 5.85. The molecule has 0 saturated carbocycles. The molecule has 32 heavy (non-hydrogen) atoms. The van der Waals surface area contributed by atoms with Crippen molar-refractivity contribution in [3.05, 3.63) is 100 Å². The molecule has 1 aromatic heterocycles. The molecule has 0 fully saturated rings. The molecule has 0 amide bonds. The summed E-state index contributed by atoms with van der Waals surface area (Å²) in [5.74, 6) is -0.753. The number of carbonyl (C=O) groups excluding carboxylic acids is 2. The van der Waals surface area contributed by atoms with Crippen LogP contribution in [0.15, 0.2) is 83.7 Å². The van der Waals surface area contributed by atoms with Gasteiger partial charge in [0.15, 0.2) is 6.61 Å². The number of benzene rings is 3. The molecule has 4 rings (SSSR count). The first kappa shape index (κ1) is 21.1. The summed E-state index contributed by atoms with van der Waals surface area (Å²) in [6, 6.07) is 23.2. The largest absolute Gasteiger partial charge is 0.496 e. The number of hydrogen-bond acceptors (Lipinski definition) is 5. The molecule has 6 nitrogen and oxygen atoms in total. The summed E-state index contributed by atoms with van der Waals surface area (Å²) in [5.41, 5.74) is 1.44. The highest BCUT2D eigenvalue weighted by Gasteiger charge is 2.24. The lowest BCUT2D eigenvalue weighted by atomic mass is 9.97. The molecule has 0 spiro atoms. The van der Waals surface area contributed by atoms with Gasteiger partial charge in [-0.25, -0.2) is 4.79 Å². The summed E-state index contributed by atoms with van der Waals surface area (Å²) in [6.07, 6.45) is 0. The second kappa shape index (κ2) is 8.89. The maximum Gasteiger partial charge on any atom is 0.356 e. The SMILES string of the molecule is COc1ccccc1C(=O)COC(=O)c1c(-c2ccccc2)c2ccccc2c(=O)n1C. The first-order valence-corrected chi connectivity index (χ1v) is 10.0. The number of esters is 1. The number of fused-ring (bicyclic) bond motifs is 1. The molecule has 1 heterocycles. The Morgan fingerprint density at radius 2 is 1.47 bits per heavy atom. The summed E-state index contributed by atoms with van der Waals surface area (Å²) in [5, 5.41) is 1.14. The molecule has 0 bridgehead atoms. The standard InChI is InChI=1S/C26H21NO5/c1-27-24(26(30)32-16-21(28)20-14-8-9-15-22(20)31-2)23(17-10-4-3-5-11-17)18-12-6-7-13-19(18)25(27)29/h3-15H,16H2,1-2H3. The lowest BCUT2D eigenvalue weighted by Crippen LogP contribution is -2.27. The quantitative estimate of drug-likeness (QED) is 0.340. The average molecular weight is 427 g/mol. The predicted octanol–water partition coefficient (Wildman–Crippen LogP) is 4.25. The van der Waals surface area contributed by atoms with E-state index in [1.54, 1.807) is 42.5 Å². The van der Waals surface area contributed by atoms with Gasteiger partial charge in [-0.3, -0.25) is 9.59 Å². The minimum absolute atomic E-state index is 0.0905. The first-order valence-electron chi connectivity index (χ1n) is 10.0. The van der Waals surface area contributed by atoms with Crippen LogP contribution in [0.1, 0.15) is 20.8 Å². The van der Waals surface area contributed by atoms with Crippen molar-refractivity contribution in [2.45, 2.75) is 0 Å². The van der Waals surface area contributed by atoms with Gasteiger partial charge in [0.05, 0.1) is 12.7 Å². The maximum absolute atomic E-state index is 13.2. The summed E-state index contributed by atoms with van der Waals surface area (Å²) in [4.78, 5) is 38.8. The van der Waals surface area contributed by atoms with Crippen LogP contribution >= 0.6 is 0 Å². The van der Waals surface area contributed by atoms with Crippen LogP contribution in [0, 0.1) is 0 Å². The molecule has 0 saturated heterocycles. The van der Waals surface area contributed by atoms with Crippen LogP contribution in [0.2, 0.25) is 0 Å². The summed E-state index contributed by atoms with van der Waals surface area (Å²) >= 11 is 0. The van der Waals surface area contributed by atoms with E-state index >= 15 is 0 Å². The minimum atomic E-state index is -0.752. The predicted molar refractivity (Wildman–Crippen MR) is 122 cm³/mol. The van der Waals surface area contributed by atoms with Crippen molar-refractivity contribution >= 4 is 22.5 Å². The number of ether oxygens (including phenoxy) is 2. The number of pyridine rings is 1. The van der Waals surface area contributed by atoms with Crippen molar-refractivity contribution in [1.82, 2.24) is 4.57 Å². The summed E-state index contributed by atoms with van der Waals surface area (Å²) < 4.78 is 11.9. The average Bonchev–Trinajstić information content (AvgIpc) is 2.84. The third kappa shape index (κ3) is 3.78. The Morgan fingerprint density at radius 3 is 2.19 bits per heavy atom. The highest BCUT2D eigenvalue weighted by atomic mass is 16.5. The van der Waals surface area contributed by atoms with Crippen LogP contribution in [0.4, 0.5) is 0 Å². The van der Waals surface area contributed by atoms with Crippen molar-refractivity contribution in [3.8, 4) is 16.9 Å². The number of aromatic nitrogens is 1. The normalized spacial score (nSPS) is 10.7. The molecule has 0 N–H and O–H groups in total. The molecule has 0 unspecified atom stereocenters. The topological polar surface area (TPSA) is 74.6 Å². The van der Waals surface area contributed by atoms with E-state index in [-0.39, 0.29) is 11.3 Å². The van der Waals surface area contributed by atoms with E-state index in [1.165, 1.54) is 18.7 Å². The fourth-order valence-corrected chi connectivity index (χ4v) is 3.75. The zero-order valence-corrected chi connectivity index (χ0v) is 17.7. The molecule has 0 aliphatic carbocycles. The van der Waals surface area contributed by atoms with E-state index in [1.807, 2.05) is 36.4 Å². The second-order valence-corrected chi connectivity index (χ2v) is 7.20. The molecule has 3 aromatic carbocycles. The number of ketones is 1. The van der Waals surface area contributed by atoms with Crippen LogP contribution in [-0.4, -0.2) is 30.0 Å². The van der Waals surface area contributed by atoms with Crippen LogP contribution in [0.5, 0.6) is 5.75 Å². The zero-order valence-electron chi connectivity index (χ0n) is 17.7. The summed E-state index contributed by atoms with van der Waals surface area (Å²) in [6.45, 7) is -0.478.